The van der Waals surface area contributed by atoms with Crippen molar-refractivity contribution >= 4 is 16.1 Å². The van der Waals surface area contributed by atoms with Gasteiger partial charge in [0.25, 0.3) is 0 Å². The lowest BCUT2D eigenvalue weighted by Crippen LogP contribution is -2.28. The van der Waals surface area contributed by atoms with Gasteiger partial charge in [-0.1, -0.05) is 25.8 Å². The van der Waals surface area contributed by atoms with E-state index in [1.807, 2.05) is 6.92 Å². The molecule has 0 unspecified atom stereocenters. The minimum atomic E-state index is -5.75. The summed E-state index contributed by atoms with van der Waals surface area (Å²) in [5, 5.41) is 0. The molecule has 124 valence electrons. The molecule has 0 saturated carbocycles. The maximum absolute atomic E-state index is 12.2. The smallest absolute Gasteiger partial charge is 0.426 e. The van der Waals surface area contributed by atoms with E-state index in [9.17, 15) is 26.4 Å². The number of hydrogen-bond acceptors (Lipinski definition) is 5. The average Bonchev–Trinajstić information content (AvgIpc) is 2.37. The van der Waals surface area contributed by atoms with Gasteiger partial charge in [-0.25, -0.2) is 0 Å². The van der Waals surface area contributed by atoms with Crippen LogP contribution in [0.5, 0.6) is 11.5 Å². The summed E-state index contributed by atoms with van der Waals surface area (Å²) < 4.78 is 67.2. The zero-order chi connectivity index (χ0) is 16.8. The number of hydrogen-bond donors (Lipinski definition) is 0. The topological polar surface area (TPSA) is 69.7 Å². The highest BCUT2D eigenvalue weighted by Crippen LogP contribution is 2.28. The molecule has 1 aromatic carbocycles. The Morgan fingerprint density at radius 1 is 1.18 bits per heavy atom. The summed E-state index contributed by atoms with van der Waals surface area (Å²) in [6.45, 7) is 1.97. The quantitative estimate of drug-likeness (QED) is 0.250. The fourth-order valence-electron chi connectivity index (χ4n) is 1.47. The molecule has 0 heterocycles. The minimum Gasteiger partial charge on any atom is -0.426 e. The summed E-state index contributed by atoms with van der Waals surface area (Å²) in [6, 6.07) is 4.44. The maximum Gasteiger partial charge on any atom is 0.534 e. The molecule has 1 aromatic rings. The monoisotopic (exact) mass is 340 g/mol. The van der Waals surface area contributed by atoms with Crippen molar-refractivity contribution in [2.45, 2.75) is 38.1 Å². The van der Waals surface area contributed by atoms with E-state index in [0.717, 1.165) is 25.0 Å². The summed E-state index contributed by atoms with van der Waals surface area (Å²) in [4.78, 5) is 11.5. The minimum absolute atomic E-state index is 0.0867. The Bertz CT molecular complexity index is 610. The molecule has 1 rings (SSSR count). The lowest BCUT2D eigenvalue weighted by molar-refractivity contribution is -0.134. The lowest BCUT2D eigenvalue weighted by atomic mass is 10.2. The molecule has 0 saturated heterocycles. The van der Waals surface area contributed by atoms with Crippen molar-refractivity contribution in [3.8, 4) is 11.5 Å². The SMILES string of the molecule is CCCCCC(=O)Oc1cccc(OS(=O)(=O)C(F)(F)F)c1. The first kappa shape index (κ1) is 18.3. The number of benzene rings is 1. The van der Waals surface area contributed by atoms with Crippen molar-refractivity contribution in [2.24, 2.45) is 0 Å². The first-order valence-electron chi connectivity index (χ1n) is 6.47. The summed E-state index contributed by atoms with van der Waals surface area (Å²) in [6.07, 6.45) is 2.57. The van der Waals surface area contributed by atoms with E-state index in [1.54, 1.807) is 0 Å². The van der Waals surface area contributed by atoms with Crippen molar-refractivity contribution < 1.29 is 35.3 Å². The number of alkyl halides is 3. The predicted molar refractivity (Wildman–Crippen MR) is 71.8 cm³/mol. The van der Waals surface area contributed by atoms with Crippen molar-refractivity contribution in [1.82, 2.24) is 0 Å². The summed E-state index contributed by atoms with van der Waals surface area (Å²) in [5.74, 6) is -1.23. The molecule has 0 aromatic heterocycles. The molecule has 0 amide bonds. The molecule has 5 nitrogen and oxygen atoms in total. The fourth-order valence-corrected chi connectivity index (χ4v) is 1.92. The highest BCUT2D eigenvalue weighted by Gasteiger charge is 2.48. The molecular formula is C13H15F3O5S. The van der Waals surface area contributed by atoms with Crippen molar-refractivity contribution in [2.75, 3.05) is 0 Å². The van der Waals surface area contributed by atoms with Crippen molar-refractivity contribution in [3.63, 3.8) is 0 Å². The fraction of sp³-hybridized carbons (Fsp3) is 0.462. The van der Waals surface area contributed by atoms with Gasteiger partial charge in [0.15, 0.2) is 0 Å². The number of halogens is 3. The Labute approximate surface area is 126 Å². The molecule has 0 aliphatic rings. The number of carbonyl (C=O) groups is 1. The van der Waals surface area contributed by atoms with Gasteiger partial charge in [0.2, 0.25) is 0 Å². The summed E-state index contributed by atoms with van der Waals surface area (Å²) in [7, 11) is -5.75. The number of ether oxygens (including phenoxy) is 1. The van der Waals surface area contributed by atoms with Crippen LogP contribution in [0, 0.1) is 0 Å². The van der Waals surface area contributed by atoms with E-state index < -0.39 is 27.3 Å². The number of carbonyl (C=O) groups excluding carboxylic acids is 1. The van der Waals surface area contributed by atoms with E-state index >= 15 is 0 Å². The van der Waals surface area contributed by atoms with Crippen LogP contribution in [-0.2, 0) is 14.9 Å². The van der Waals surface area contributed by atoms with E-state index in [4.69, 9.17) is 4.74 Å². The van der Waals surface area contributed by atoms with Crippen LogP contribution in [0.3, 0.4) is 0 Å². The molecule has 22 heavy (non-hydrogen) atoms. The van der Waals surface area contributed by atoms with Gasteiger partial charge in [0.05, 0.1) is 0 Å². The van der Waals surface area contributed by atoms with Crippen LogP contribution in [0.1, 0.15) is 32.6 Å². The van der Waals surface area contributed by atoms with E-state index in [0.29, 0.717) is 6.42 Å². The van der Waals surface area contributed by atoms with Gasteiger partial charge in [-0.3, -0.25) is 4.79 Å². The zero-order valence-electron chi connectivity index (χ0n) is 11.7. The number of rotatable bonds is 7. The van der Waals surface area contributed by atoms with Crippen LogP contribution in [0.4, 0.5) is 13.2 Å². The third-order valence-electron chi connectivity index (χ3n) is 2.51. The second-order valence-corrected chi connectivity index (χ2v) is 5.93. The normalized spacial score (nSPS) is 12.0. The number of unbranched alkanes of at least 4 members (excludes halogenated alkanes) is 2. The van der Waals surface area contributed by atoms with Gasteiger partial charge < -0.3 is 8.92 Å². The molecule has 0 atom stereocenters. The molecule has 0 N–H and O–H groups in total. The van der Waals surface area contributed by atoms with Crippen LogP contribution in [0.25, 0.3) is 0 Å². The average molecular weight is 340 g/mol. The first-order chi connectivity index (χ1) is 10.2. The Kier molecular flexibility index (Phi) is 6.21. The Balaban J connectivity index is 2.73. The van der Waals surface area contributed by atoms with Crippen LogP contribution < -0.4 is 8.92 Å². The Morgan fingerprint density at radius 3 is 2.41 bits per heavy atom. The molecule has 0 aliphatic heterocycles. The molecule has 0 bridgehead atoms. The van der Waals surface area contributed by atoms with E-state index in [-0.39, 0.29) is 12.2 Å². The summed E-state index contributed by atoms with van der Waals surface area (Å²) in [5.41, 5.74) is -5.53. The highest BCUT2D eigenvalue weighted by molar-refractivity contribution is 7.88. The van der Waals surface area contributed by atoms with E-state index in [1.165, 1.54) is 12.1 Å². The van der Waals surface area contributed by atoms with Crippen LogP contribution in [-0.4, -0.2) is 19.9 Å². The van der Waals surface area contributed by atoms with E-state index in [2.05, 4.69) is 4.18 Å². The molecule has 0 radical (unpaired) electrons. The first-order valence-corrected chi connectivity index (χ1v) is 7.88. The third-order valence-corrected chi connectivity index (χ3v) is 3.49. The van der Waals surface area contributed by atoms with Crippen LogP contribution in [0.2, 0.25) is 0 Å². The van der Waals surface area contributed by atoms with Gasteiger partial charge in [-0.15, -0.1) is 0 Å². The second kappa shape index (κ2) is 7.48. The Hall–Kier alpha value is -1.77. The molecule has 0 fully saturated rings. The van der Waals surface area contributed by atoms with Crippen molar-refractivity contribution in [1.29, 1.82) is 0 Å². The molecule has 0 aliphatic carbocycles. The highest BCUT2D eigenvalue weighted by atomic mass is 32.2. The van der Waals surface area contributed by atoms with Gasteiger partial charge in [0.1, 0.15) is 11.5 Å². The third kappa shape index (κ3) is 5.55. The van der Waals surface area contributed by atoms with Gasteiger partial charge >= 0.3 is 21.6 Å². The summed E-state index contributed by atoms with van der Waals surface area (Å²) >= 11 is 0. The largest absolute Gasteiger partial charge is 0.534 e. The lowest BCUT2D eigenvalue weighted by Gasteiger charge is -2.10. The standard InChI is InChI=1S/C13H15F3O5S/c1-2-3-4-8-12(17)20-10-6-5-7-11(9-10)21-22(18,19)13(14,15)16/h5-7,9H,2-4,8H2,1H3. The molecular weight excluding hydrogens is 325 g/mol. The van der Waals surface area contributed by atoms with Crippen molar-refractivity contribution in [3.05, 3.63) is 24.3 Å². The second-order valence-electron chi connectivity index (χ2n) is 4.39. The molecule has 0 spiro atoms. The van der Waals surface area contributed by atoms with Crippen LogP contribution >= 0.6 is 0 Å². The molecule has 9 heteroatoms. The Morgan fingerprint density at radius 2 is 1.82 bits per heavy atom. The predicted octanol–water partition coefficient (Wildman–Crippen LogP) is 3.40. The van der Waals surface area contributed by atoms with Gasteiger partial charge in [0, 0.05) is 12.5 Å². The van der Waals surface area contributed by atoms with Crippen LogP contribution in [0.15, 0.2) is 24.3 Å². The zero-order valence-corrected chi connectivity index (χ0v) is 12.5. The van der Waals surface area contributed by atoms with Gasteiger partial charge in [-0.2, -0.15) is 21.6 Å². The number of esters is 1. The maximum atomic E-state index is 12.2. The van der Waals surface area contributed by atoms with Gasteiger partial charge in [-0.05, 0) is 18.6 Å².